The van der Waals surface area contributed by atoms with E-state index in [-0.39, 0.29) is 24.1 Å². The molecule has 0 spiro atoms. The Labute approximate surface area is 164 Å². The molecule has 1 fully saturated rings. The van der Waals surface area contributed by atoms with E-state index < -0.39 is 11.3 Å². The Balaban J connectivity index is 1.54. The number of hydrogen-bond acceptors (Lipinski definition) is 4. The van der Waals surface area contributed by atoms with Crippen LogP contribution in [0.25, 0.3) is 0 Å². The summed E-state index contributed by atoms with van der Waals surface area (Å²) in [7, 11) is 0. The van der Waals surface area contributed by atoms with Crippen molar-refractivity contribution in [2.75, 3.05) is 17.2 Å². The van der Waals surface area contributed by atoms with Crippen molar-refractivity contribution in [3.05, 3.63) is 48.4 Å². The second kappa shape index (κ2) is 7.88. The van der Waals surface area contributed by atoms with Crippen molar-refractivity contribution in [1.29, 1.82) is 0 Å². The van der Waals surface area contributed by atoms with E-state index >= 15 is 0 Å². The van der Waals surface area contributed by atoms with E-state index in [0.717, 1.165) is 0 Å². The molecule has 0 aliphatic carbocycles. The third-order valence-electron chi connectivity index (χ3n) is 4.60. The molecule has 1 aromatic heterocycles. The van der Waals surface area contributed by atoms with Crippen LogP contribution in [-0.4, -0.2) is 29.2 Å². The second-order valence-electron chi connectivity index (χ2n) is 8.03. The fraction of sp³-hybridized carbons (Fsp3) is 0.381. The molecule has 1 saturated heterocycles. The van der Waals surface area contributed by atoms with Gasteiger partial charge in [0, 0.05) is 29.8 Å². The van der Waals surface area contributed by atoms with E-state index in [1.807, 2.05) is 20.8 Å². The number of amides is 3. The van der Waals surface area contributed by atoms with Crippen LogP contribution in [0.4, 0.5) is 11.4 Å². The van der Waals surface area contributed by atoms with Crippen LogP contribution in [0, 0.1) is 11.3 Å². The molecule has 2 aromatic rings. The van der Waals surface area contributed by atoms with Crippen LogP contribution in [-0.2, 0) is 20.9 Å². The summed E-state index contributed by atoms with van der Waals surface area (Å²) in [6.45, 7) is 6.27. The van der Waals surface area contributed by atoms with Gasteiger partial charge in [0.15, 0.2) is 0 Å². The fourth-order valence-corrected chi connectivity index (χ4v) is 2.89. The van der Waals surface area contributed by atoms with E-state index in [9.17, 15) is 14.4 Å². The van der Waals surface area contributed by atoms with Gasteiger partial charge in [-0.25, -0.2) is 0 Å². The molecular formula is C21H25N3O4. The first-order chi connectivity index (χ1) is 13.2. The molecule has 3 amide bonds. The lowest BCUT2D eigenvalue weighted by atomic mass is 9.95. The summed E-state index contributed by atoms with van der Waals surface area (Å²) < 4.78 is 5.27. The van der Waals surface area contributed by atoms with Crippen molar-refractivity contribution in [3.8, 4) is 0 Å². The van der Waals surface area contributed by atoms with Gasteiger partial charge in [-0.1, -0.05) is 20.8 Å². The molecule has 28 heavy (non-hydrogen) atoms. The number of furan rings is 1. The zero-order chi connectivity index (χ0) is 20.3. The number of carbonyl (C=O) groups is 3. The van der Waals surface area contributed by atoms with Crippen molar-refractivity contribution < 1.29 is 18.8 Å². The van der Waals surface area contributed by atoms with E-state index in [0.29, 0.717) is 30.2 Å². The minimum Gasteiger partial charge on any atom is -0.467 e. The van der Waals surface area contributed by atoms with Crippen molar-refractivity contribution in [3.63, 3.8) is 0 Å². The largest absolute Gasteiger partial charge is 0.467 e. The zero-order valence-corrected chi connectivity index (χ0v) is 16.3. The molecule has 148 valence electrons. The number of rotatable bonds is 5. The van der Waals surface area contributed by atoms with Crippen LogP contribution >= 0.6 is 0 Å². The van der Waals surface area contributed by atoms with Crippen molar-refractivity contribution in [1.82, 2.24) is 4.90 Å². The normalized spacial score (nSPS) is 16.9. The molecule has 1 aromatic carbocycles. The quantitative estimate of drug-likeness (QED) is 0.829. The molecule has 2 heterocycles. The summed E-state index contributed by atoms with van der Waals surface area (Å²) in [4.78, 5) is 38.3. The predicted molar refractivity (Wildman–Crippen MR) is 105 cm³/mol. The SMILES string of the molecule is CC(C)(C)C(=O)Nc1ccc(NC(=O)C2CC(=O)N(Cc3ccco3)C2)cc1. The van der Waals surface area contributed by atoms with E-state index in [1.54, 1.807) is 47.6 Å². The van der Waals surface area contributed by atoms with Gasteiger partial charge in [0.2, 0.25) is 17.7 Å². The molecule has 2 N–H and O–H groups in total. The van der Waals surface area contributed by atoms with Crippen LogP contribution in [0.5, 0.6) is 0 Å². The Hall–Kier alpha value is -3.09. The van der Waals surface area contributed by atoms with E-state index in [4.69, 9.17) is 4.42 Å². The van der Waals surface area contributed by atoms with E-state index in [1.165, 1.54) is 0 Å². The highest BCUT2D eigenvalue weighted by Crippen LogP contribution is 2.23. The van der Waals surface area contributed by atoms with Gasteiger partial charge >= 0.3 is 0 Å². The maximum atomic E-state index is 12.5. The summed E-state index contributed by atoms with van der Waals surface area (Å²) in [5.74, 6) is -0.0333. The minimum absolute atomic E-state index is 0.0585. The van der Waals surface area contributed by atoms with Gasteiger partial charge in [-0.05, 0) is 36.4 Å². The molecule has 7 heteroatoms. The van der Waals surface area contributed by atoms with Gasteiger partial charge in [0.1, 0.15) is 5.76 Å². The van der Waals surface area contributed by atoms with Crippen LogP contribution in [0.1, 0.15) is 33.0 Å². The highest BCUT2D eigenvalue weighted by atomic mass is 16.3. The number of nitrogens with one attached hydrogen (secondary N) is 2. The average molecular weight is 383 g/mol. The third-order valence-corrected chi connectivity index (χ3v) is 4.60. The Kier molecular flexibility index (Phi) is 5.53. The number of benzene rings is 1. The van der Waals surface area contributed by atoms with Gasteiger partial charge in [0.25, 0.3) is 0 Å². The Morgan fingerprint density at radius 1 is 1.11 bits per heavy atom. The van der Waals surface area contributed by atoms with Gasteiger partial charge in [-0.3, -0.25) is 14.4 Å². The van der Waals surface area contributed by atoms with Crippen molar-refractivity contribution in [2.24, 2.45) is 11.3 Å². The minimum atomic E-state index is -0.483. The summed E-state index contributed by atoms with van der Waals surface area (Å²) in [5, 5.41) is 5.68. The third kappa shape index (κ3) is 4.79. The Morgan fingerprint density at radius 3 is 2.32 bits per heavy atom. The summed E-state index contributed by atoms with van der Waals surface area (Å²) in [5.41, 5.74) is 0.804. The average Bonchev–Trinajstić information content (AvgIpc) is 3.26. The number of hydrogen-bond donors (Lipinski definition) is 2. The molecule has 3 rings (SSSR count). The fourth-order valence-electron chi connectivity index (χ4n) is 2.89. The molecule has 1 aliphatic rings. The monoisotopic (exact) mass is 383 g/mol. The second-order valence-corrected chi connectivity index (χ2v) is 8.03. The maximum absolute atomic E-state index is 12.5. The number of likely N-dealkylation sites (tertiary alicyclic amines) is 1. The molecule has 0 bridgehead atoms. The topological polar surface area (TPSA) is 91.7 Å². The predicted octanol–water partition coefficient (Wildman–Crippen LogP) is 3.25. The highest BCUT2D eigenvalue weighted by molar-refractivity contribution is 5.98. The molecule has 0 radical (unpaired) electrons. The van der Waals surface area contributed by atoms with Crippen LogP contribution in [0.15, 0.2) is 47.1 Å². The number of carbonyl (C=O) groups excluding carboxylic acids is 3. The first-order valence-electron chi connectivity index (χ1n) is 9.25. The zero-order valence-electron chi connectivity index (χ0n) is 16.3. The standard InChI is InChI=1S/C21H25N3O4/c1-21(2,3)20(27)23-16-8-6-15(7-9-16)22-19(26)14-11-18(25)24(12-14)13-17-5-4-10-28-17/h4-10,14H,11-13H2,1-3H3,(H,22,26)(H,23,27). The molecular weight excluding hydrogens is 358 g/mol. The van der Waals surface area contributed by atoms with Gasteiger partial charge in [-0.15, -0.1) is 0 Å². The Bertz CT molecular complexity index is 851. The number of nitrogens with zero attached hydrogens (tertiary/aromatic N) is 1. The van der Waals surface area contributed by atoms with Crippen LogP contribution in [0.3, 0.4) is 0 Å². The Morgan fingerprint density at radius 2 is 1.75 bits per heavy atom. The van der Waals surface area contributed by atoms with Crippen LogP contribution in [0.2, 0.25) is 0 Å². The molecule has 7 nitrogen and oxygen atoms in total. The lowest BCUT2D eigenvalue weighted by Gasteiger charge is -2.18. The van der Waals surface area contributed by atoms with Gasteiger partial charge < -0.3 is 20.0 Å². The van der Waals surface area contributed by atoms with E-state index in [2.05, 4.69) is 10.6 Å². The first kappa shape index (κ1) is 19.7. The molecule has 1 atom stereocenters. The lowest BCUT2D eigenvalue weighted by Crippen LogP contribution is -2.28. The smallest absolute Gasteiger partial charge is 0.229 e. The highest BCUT2D eigenvalue weighted by Gasteiger charge is 2.34. The summed E-state index contributed by atoms with van der Waals surface area (Å²) in [6, 6.07) is 10.5. The van der Waals surface area contributed by atoms with Gasteiger partial charge in [-0.2, -0.15) is 0 Å². The van der Waals surface area contributed by atoms with Crippen molar-refractivity contribution >= 4 is 29.1 Å². The number of anilines is 2. The molecule has 1 unspecified atom stereocenters. The molecule has 1 aliphatic heterocycles. The maximum Gasteiger partial charge on any atom is 0.229 e. The van der Waals surface area contributed by atoms with Gasteiger partial charge in [0.05, 0.1) is 18.7 Å². The molecule has 0 saturated carbocycles. The summed E-state index contributed by atoms with van der Waals surface area (Å²) in [6.07, 6.45) is 1.75. The lowest BCUT2D eigenvalue weighted by molar-refractivity contribution is -0.129. The van der Waals surface area contributed by atoms with Crippen LogP contribution < -0.4 is 10.6 Å². The summed E-state index contributed by atoms with van der Waals surface area (Å²) >= 11 is 0. The first-order valence-corrected chi connectivity index (χ1v) is 9.25. The van der Waals surface area contributed by atoms with Crippen molar-refractivity contribution in [2.45, 2.75) is 33.7 Å².